The van der Waals surface area contributed by atoms with Crippen molar-refractivity contribution in [2.75, 3.05) is 6.61 Å². The summed E-state index contributed by atoms with van der Waals surface area (Å²) in [5.74, 6) is -0.0577. The molecule has 0 unspecified atom stereocenters. The molecule has 2 atom stereocenters. The third-order valence-corrected chi connectivity index (χ3v) is 7.45. The molecule has 0 radical (unpaired) electrons. The number of fused-ring (bicyclic) bond motifs is 1. The maximum Gasteiger partial charge on any atom is 0.272 e. The Labute approximate surface area is 221 Å². The van der Waals surface area contributed by atoms with Gasteiger partial charge in [-0.05, 0) is 67.5 Å². The predicted molar refractivity (Wildman–Crippen MR) is 142 cm³/mol. The van der Waals surface area contributed by atoms with Gasteiger partial charge in [0.05, 0.1) is 29.1 Å². The number of carbonyl (C=O) groups is 1. The zero-order valence-corrected chi connectivity index (χ0v) is 22.2. The minimum Gasteiger partial charge on any atom is -0.394 e. The number of rotatable bonds is 7. The number of nitrogens with one attached hydrogen (secondary N) is 1. The highest BCUT2D eigenvalue weighted by Gasteiger charge is 2.32. The van der Waals surface area contributed by atoms with Gasteiger partial charge in [0, 0.05) is 21.5 Å². The van der Waals surface area contributed by atoms with Crippen molar-refractivity contribution in [3.8, 4) is 5.69 Å². The first-order valence-corrected chi connectivity index (χ1v) is 13.1. The zero-order chi connectivity index (χ0) is 25.1. The molecular formula is C27H30Cl3N3O2. The van der Waals surface area contributed by atoms with Crippen molar-refractivity contribution in [1.29, 1.82) is 0 Å². The molecule has 1 aliphatic carbocycles. The summed E-state index contributed by atoms with van der Waals surface area (Å²) in [6, 6.07) is 12.9. The van der Waals surface area contributed by atoms with Crippen LogP contribution < -0.4 is 5.32 Å². The van der Waals surface area contributed by atoms with Crippen LogP contribution in [0.5, 0.6) is 0 Å². The molecule has 5 nitrogen and oxygen atoms in total. The first kappa shape index (κ1) is 26.0. The first-order valence-electron chi connectivity index (χ1n) is 12.0. The van der Waals surface area contributed by atoms with Crippen molar-refractivity contribution in [1.82, 2.24) is 15.1 Å². The number of aliphatic hydroxyl groups is 1. The Kier molecular flexibility index (Phi) is 8.43. The molecular weight excluding hydrogens is 505 g/mol. The van der Waals surface area contributed by atoms with Gasteiger partial charge in [-0.1, -0.05) is 67.2 Å². The number of halogens is 3. The second-order valence-corrected chi connectivity index (χ2v) is 10.8. The van der Waals surface area contributed by atoms with Crippen molar-refractivity contribution >= 4 is 40.7 Å². The molecule has 0 saturated heterocycles. The molecule has 1 heterocycles. The topological polar surface area (TPSA) is 67.2 Å². The van der Waals surface area contributed by atoms with Crippen molar-refractivity contribution in [2.45, 2.75) is 57.9 Å². The number of nitrogens with zero attached hydrogens (tertiary/aromatic N) is 2. The minimum absolute atomic E-state index is 0.0888. The van der Waals surface area contributed by atoms with Crippen LogP contribution in [0.3, 0.4) is 0 Å². The molecule has 3 aromatic rings. The van der Waals surface area contributed by atoms with Crippen molar-refractivity contribution in [2.24, 2.45) is 5.92 Å². The SMILES string of the molecule is CC(C)[C@@H](CO)NC(=O)c1nn(-c2ccc(Cl)cc2Cl)c2c1CCCC[C@@H]2Cc1cccc(Cl)c1. The Morgan fingerprint density at radius 2 is 1.91 bits per heavy atom. The first-order chi connectivity index (χ1) is 16.8. The summed E-state index contributed by atoms with van der Waals surface area (Å²) in [5.41, 5.74) is 4.16. The molecule has 1 aromatic heterocycles. The Morgan fingerprint density at radius 3 is 2.60 bits per heavy atom. The standard InChI is InChI=1S/C27H30Cl3N3O2/c1-16(2)23(15-34)31-27(35)25-21-9-4-3-7-18(12-17-6-5-8-19(28)13-17)26(21)33(32-25)24-11-10-20(29)14-22(24)30/h5-6,8,10-11,13-14,16,18,23,34H,3-4,7,9,12,15H2,1-2H3,(H,31,35)/t18-,23-/m1/s1. The molecule has 0 aliphatic heterocycles. The lowest BCUT2D eigenvalue weighted by Crippen LogP contribution is -2.41. The Morgan fingerprint density at radius 1 is 1.14 bits per heavy atom. The van der Waals surface area contributed by atoms with Gasteiger partial charge in [-0.25, -0.2) is 4.68 Å². The number of hydrogen-bond donors (Lipinski definition) is 2. The van der Waals surface area contributed by atoms with E-state index in [-0.39, 0.29) is 30.4 Å². The fourth-order valence-corrected chi connectivity index (χ4v) is 5.49. The fraction of sp³-hybridized carbons (Fsp3) is 0.407. The number of aromatic nitrogens is 2. The van der Waals surface area contributed by atoms with Gasteiger partial charge in [0.1, 0.15) is 0 Å². The van der Waals surface area contributed by atoms with E-state index < -0.39 is 0 Å². The van der Waals surface area contributed by atoms with Crippen LogP contribution in [0.2, 0.25) is 15.1 Å². The monoisotopic (exact) mass is 533 g/mol. The Balaban J connectivity index is 1.84. The molecule has 0 bridgehead atoms. The maximum absolute atomic E-state index is 13.4. The van der Waals surface area contributed by atoms with Crippen molar-refractivity contribution in [3.05, 3.63) is 80.0 Å². The zero-order valence-electron chi connectivity index (χ0n) is 19.9. The number of amides is 1. The summed E-state index contributed by atoms with van der Waals surface area (Å²) in [6.45, 7) is 3.80. The van der Waals surface area contributed by atoms with Gasteiger partial charge in [-0.15, -0.1) is 0 Å². The highest BCUT2D eigenvalue weighted by Crippen LogP contribution is 2.38. The van der Waals surface area contributed by atoms with Gasteiger partial charge in [0.15, 0.2) is 5.69 Å². The largest absolute Gasteiger partial charge is 0.394 e. The minimum atomic E-state index is -0.351. The second kappa shape index (κ2) is 11.3. The van der Waals surface area contributed by atoms with E-state index in [0.29, 0.717) is 26.4 Å². The van der Waals surface area contributed by atoms with Gasteiger partial charge in [-0.3, -0.25) is 4.79 Å². The van der Waals surface area contributed by atoms with Crippen LogP contribution in [-0.2, 0) is 12.8 Å². The summed E-state index contributed by atoms with van der Waals surface area (Å²) in [4.78, 5) is 13.4. The average Bonchev–Trinajstić information content (AvgIpc) is 3.06. The van der Waals surface area contributed by atoms with E-state index in [1.165, 1.54) is 0 Å². The summed E-state index contributed by atoms with van der Waals surface area (Å²) >= 11 is 19.1. The molecule has 0 saturated carbocycles. The van der Waals surface area contributed by atoms with E-state index in [4.69, 9.17) is 39.9 Å². The fourth-order valence-electron chi connectivity index (χ4n) is 4.78. The van der Waals surface area contributed by atoms with Gasteiger partial charge in [0.2, 0.25) is 0 Å². The molecule has 8 heteroatoms. The van der Waals surface area contributed by atoms with E-state index in [1.807, 2.05) is 42.8 Å². The van der Waals surface area contributed by atoms with Crippen LogP contribution in [0.1, 0.15) is 66.3 Å². The van der Waals surface area contributed by atoms with Gasteiger partial charge < -0.3 is 10.4 Å². The smallest absolute Gasteiger partial charge is 0.272 e. The molecule has 1 aliphatic rings. The van der Waals surface area contributed by atoms with E-state index in [1.54, 1.807) is 12.1 Å². The lowest BCUT2D eigenvalue weighted by molar-refractivity contribution is 0.0890. The summed E-state index contributed by atoms with van der Waals surface area (Å²) < 4.78 is 1.83. The Hall–Kier alpha value is -2.05. The number of benzene rings is 2. The van der Waals surface area contributed by atoms with E-state index >= 15 is 0 Å². The molecule has 0 spiro atoms. The van der Waals surface area contributed by atoms with Gasteiger partial charge in [0.25, 0.3) is 5.91 Å². The predicted octanol–water partition coefficient (Wildman–Crippen LogP) is 6.63. The molecule has 2 N–H and O–H groups in total. The van der Waals surface area contributed by atoms with Gasteiger partial charge >= 0.3 is 0 Å². The molecule has 0 fully saturated rings. The van der Waals surface area contributed by atoms with Crippen LogP contribution in [0.15, 0.2) is 42.5 Å². The summed E-state index contributed by atoms with van der Waals surface area (Å²) in [6.07, 6.45) is 4.49. The van der Waals surface area contributed by atoms with E-state index in [2.05, 4.69) is 11.4 Å². The summed E-state index contributed by atoms with van der Waals surface area (Å²) in [7, 11) is 0. The third kappa shape index (κ3) is 5.86. The number of aliphatic hydroxyl groups excluding tert-OH is 1. The normalized spacial score (nSPS) is 16.6. The third-order valence-electron chi connectivity index (χ3n) is 6.68. The lowest BCUT2D eigenvalue weighted by Gasteiger charge is -2.20. The molecule has 4 rings (SSSR count). The van der Waals surface area contributed by atoms with Gasteiger partial charge in [-0.2, -0.15) is 5.10 Å². The van der Waals surface area contributed by atoms with Crippen LogP contribution in [-0.4, -0.2) is 33.4 Å². The summed E-state index contributed by atoms with van der Waals surface area (Å²) in [5, 5.41) is 19.3. The highest BCUT2D eigenvalue weighted by atomic mass is 35.5. The molecule has 35 heavy (non-hydrogen) atoms. The Bertz CT molecular complexity index is 1210. The van der Waals surface area contributed by atoms with Crippen LogP contribution in [0.4, 0.5) is 0 Å². The van der Waals surface area contributed by atoms with E-state index in [9.17, 15) is 9.90 Å². The van der Waals surface area contributed by atoms with Crippen molar-refractivity contribution < 1.29 is 9.90 Å². The van der Waals surface area contributed by atoms with Crippen LogP contribution >= 0.6 is 34.8 Å². The van der Waals surface area contributed by atoms with E-state index in [0.717, 1.165) is 48.9 Å². The van der Waals surface area contributed by atoms with Crippen LogP contribution in [0.25, 0.3) is 5.69 Å². The molecule has 2 aromatic carbocycles. The second-order valence-electron chi connectivity index (χ2n) is 9.50. The molecule has 1 amide bonds. The number of hydrogen-bond acceptors (Lipinski definition) is 3. The van der Waals surface area contributed by atoms with Crippen LogP contribution in [0, 0.1) is 5.92 Å². The average molecular weight is 535 g/mol. The molecule has 186 valence electrons. The number of carbonyl (C=O) groups excluding carboxylic acids is 1. The highest BCUT2D eigenvalue weighted by molar-refractivity contribution is 6.35. The maximum atomic E-state index is 13.4. The van der Waals surface area contributed by atoms with Crippen molar-refractivity contribution in [3.63, 3.8) is 0 Å². The lowest BCUT2D eigenvalue weighted by atomic mass is 9.90. The quantitative estimate of drug-likeness (QED) is 0.334.